The predicted octanol–water partition coefficient (Wildman–Crippen LogP) is 3.47. The van der Waals surface area contributed by atoms with Crippen LogP contribution < -0.4 is 14.8 Å². The summed E-state index contributed by atoms with van der Waals surface area (Å²) in [6.45, 7) is 0.302. The molecule has 0 bridgehead atoms. The molecule has 1 N–H and O–H groups in total. The summed E-state index contributed by atoms with van der Waals surface area (Å²) >= 11 is 6.16. The Morgan fingerprint density at radius 3 is 2.69 bits per heavy atom. The second-order valence-corrected chi connectivity index (χ2v) is 5.87. The van der Waals surface area contributed by atoms with Gasteiger partial charge in [-0.05, 0) is 18.2 Å². The number of methoxy groups -OCH3 is 2. The monoisotopic (exact) mass is 371 g/mol. The summed E-state index contributed by atoms with van der Waals surface area (Å²) in [5.74, 6) is 0.973. The first kappa shape index (κ1) is 17.8. The van der Waals surface area contributed by atoms with Crippen LogP contribution in [0.2, 0.25) is 5.02 Å². The third-order valence-electron chi connectivity index (χ3n) is 3.87. The van der Waals surface area contributed by atoms with Crippen LogP contribution in [0.4, 0.5) is 0 Å². The summed E-state index contributed by atoms with van der Waals surface area (Å²) in [6, 6.07) is 12.8. The smallest absolute Gasteiger partial charge is 0.254 e. The summed E-state index contributed by atoms with van der Waals surface area (Å²) in [5.41, 5.74) is 1.97. The zero-order valence-electron chi connectivity index (χ0n) is 14.4. The Balaban J connectivity index is 1.73. The molecule has 134 valence electrons. The summed E-state index contributed by atoms with van der Waals surface area (Å²) in [5, 5.41) is 7.63. The van der Waals surface area contributed by atoms with Gasteiger partial charge in [0.2, 0.25) is 0 Å². The van der Waals surface area contributed by atoms with Crippen molar-refractivity contribution < 1.29 is 14.3 Å². The molecule has 0 radical (unpaired) electrons. The van der Waals surface area contributed by atoms with Crippen molar-refractivity contribution in [1.82, 2.24) is 15.1 Å². The number of benzene rings is 2. The molecule has 3 rings (SSSR count). The predicted molar refractivity (Wildman–Crippen MR) is 99.3 cm³/mol. The Bertz CT molecular complexity index is 924. The van der Waals surface area contributed by atoms with Crippen molar-refractivity contribution >= 4 is 17.5 Å². The molecule has 1 aromatic heterocycles. The quantitative estimate of drug-likeness (QED) is 0.720. The van der Waals surface area contributed by atoms with E-state index in [4.69, 9.17) is 21.1 Å². The minimum Gasteiger partial charge on any atom is -0.493 e. The van der Waals surface area contributed by atoms with Gasteiger partial charge in [0.15, 0.2) is 11.5 Å². The Morgan fingerprint density at radius 1 is 1.15 bits per heavy atom. The molecule has 26 heavy (non-hydrogen) atoms. The molecule has 0 aliphatic rings. The van der Waals surface area contributed by atoms with Crippen LogP contribution in [-0.2, 0) is 6.54 Å². The van der Waals surface area contributed by atoms with Crippen molar-refractivity contribution in [1.29, 1.82) is 0 Å². The Morgan fingerprint density at radius 2 is 1.96 bits per heavy atom. The normalized spacial score (nSPS) is 10.4. The molecule has 0 fully saturated rings. The number of hydrogen-bond donors (Lipinski definition) is 1. The van der Waals surface area contributed by atoms with Crippen LogP contribution in [0, 0.1) is 0 Å². The highest BCUT2D eigenvalue weighted by molar-refractivity contribution is 6.32. The summed E-state index contributed by atoms with van der Waals surface area (Å²) in [7, 11) is 3.14. The lowest BCUT2D eigenvalue weighted by atomic mass is 10.1. The number of rotatable bonds is 6. The Labute approximate surface area is 156 Å². The minimum atomic E-state index is -0.242. The lowest BCUT2D eigenvalue weighted by Gasteiger charge is -2.12. The maximum absolute atomic E-state index is 12.4. The first-order valence-electron chi connectivity index (χ1n) is 7.91. The molecule has 3 aromatic rings. The number of amides is 1. The molecule has 6 nitrogen and oxygen atoms in total. The van der Waals surface area contributed by atoms with Gasteiger partial charge in [0.1, 0.15) is 0 Å². The van der Waals surface area contributed by atoms with Gasteiger partial charge in [-0.1, -0.05) is 35.9 Å². The van der Waals surface area contributed by atoms with Crippen molar-refractivity contribution in [3.05, 3.63) is 71.0 Å². The number of ether oxygens (including phenoxy) is 2. The average Bonchev–Trinajstić information content (AvgIpc) is 3.16. The van der Waals surface area contributed by atoms with Gasteiger partial charge in [0, 0.05) is 18.3 Å². The van der Waals surface area contributed by atoms with E-state index in [9.17, 15) is 4.79 Å². The van der Waals surface area contributed by atoms with Gasteiger partial charge in [-0.25, -0.2) is 4.68 Å². The van der Waals surface area contributed by atoms with Gasteiger partial charge in [0.05, 0.1) is 36.7 Å². The van der Waals surface area contributed by atoms with Gasteiger partial charge in [-0.15, -0.1) is 0 Å². The fourth-order valence-corrected chi connectivity index (χ4v) is 2.80. The van der Waals surface area contributed by atoms with E-state index in [0.717, 1.165) is 5.56 Å². The first-order chi connectivity index (χ1) is 12.6. The van der Waals surface area contributed by atoms with Crippen LogP contribution in [0.5, 0.6) is 11.5 Å². The maximum Gasteiger partial charge on any atom is 0.254 e. The molecule has 0 saturated carbocycles. The number of nitrogens with one attached hydrogen (secondary N) is 1. The molecule has 1 amide bonds. The molecule has 2 aromatic carbocycles. The number of halogens is 1. The van der Waals surface area contributed by atoms with Gasteiger partial charge < -0.3 is 14.8 Å². The molecular weight excluding hydrogens is 354 g/mol. The van der Waals surface area contributed by atoms with Crippen molar-refractivity contribution in [2.45, 2.75) is 6.54 Å². The van der Waals surface area contributed by atoms with Gasteiger partial charge in [-0.2, -0.15) is 5.10 Å². The second-order valence-electron chi connectivity index (χ2n) is 5.46. The van der Waals surface area contributed by atoms with Gasteiger partial charge >= 0.3 is 0 Å². The van der Waals surface area contributed by atoms with E-state index in [-0.39, 0.29) is 5.91 Å². The number of carbonyl (C=O) groups is 1. The average molecular weight is 372 g/mol. The van der Waals surface area contributed by atoms with E-state index in [0.29, 0.717) is 34.3 Å². The van der Waals surface area contributed by atoms with Gasteiger partial charge in [-0.3, -0.25) is 4.79 Å². The van der Waals surface area contributed by atoms with Crippen molar-refractivity contribution in [3.63, 3.8) is 0 Å². The van der Waals surface area contributed by atoms with E-state index in [1.165, 1.54) is 6.20 Å². The van der Waals surface area contributed by atoms with Crippen LogP contribution in [-0.4, -0.2) is 29.9 Å². The molecule has 0 saturated heterocycles. The summed E-state index contributed by atoms with van der Waals surface area (Å²) in [6.07, 6.45) is 3.14. The van der Waals surface area contributed by atoms with E-state index in [2.05, 4.69) is 10.4 Å². The third-order valence-corrected chi connectivity index (χ3v) is 4.19. The van der Waals surface area contributed by atoms with Gasteiger partial charge in [0.25, 0.3) is 5.91 Å². The Kier molecular flexibility index (Phi) is 5.43. The fraction of sp³-hybridized carbons (Fsp3) is 0.158. The van der Waals surface area contributed by atoms with Crippen molar-refractivity contribution in [2.24, 2.45) is 0 Å². The van der Waals surface area contributed by atoms with E-state index < -0.39 is 0 Å². The van der Waals surface area contributed by atoms with E-state index in [1.807, 2.05) is 30.3 Å². The zero-order valence-corrected chi connectivity index (χ0v) is 15.2. The molecule has 1 heterocycles. The minimum absolute atomic E-state index is 0.242. The number of nitrogens with zero attached hydrogens (tertiary/aromatic N) is 2. The molecule has 7 heteroatoms. The maximum atomic E-state index is 12.4. The van der Waals surface area contributed by atoms with Crippen molar-refractivity contribution in [2.75, 3.05) is 14.2 Å². The van der Waals surface area contributed by atoms with Crippen LogP contribution in [0.25, 0.3) is 5.69 Å². The molecule has 0 unspecified atom stereocenters. The highest BCUT2D eigenvalue weighted by Gasteiger charge is 2.13. The van der Waals surface area contributed by atoms with E-state index in [1.54, 1.807) is 37.2 Å². The fourth-order valence-electron chi connectivity index (χ4n) is 2.58. The summed E-state index contributed by atoms with van der Waals surface area (Å²) < 4.78 is 12.2. The molecule has 0 aliphatic carbocycles. The molecule has 0 spiro atoms. The lowest BCUT2D eigenvalue weighted by Crippen LogP contribution is -2.22. The molecule has 0 atom stereocenters. The zero-order chi connectivity index (χ0) is 18.5. The topological polar surface area (TPSA) is 65.4 Å². The number of hydrogen-bond acceptors (Lipinski definition) is 4. The van der Waals surface area contributed by atoms with Crippen LogP contribution in [0.15, 0.2) is 54.9 Å². The highest BCUT2D eigenvalue weighted by Crippen LogP contribution is 2.30. The lowest BCUT2D eigenvalue weighted by molar-refractivity contribution is 0.0950. The highest BCUT2D eigenvalue weighted by atomic mass is 35.5. The van der Waals surface area contributed by atoms with Crippen molar-refractivity contribution in [3.8, 4) is 17.2 Å². The molecular formula is C19H18ClN3O3. The summed E-state index contributed by atoms with van der Waals surface area (Å²) in [4.78, 5) is 12.4. The number of para-hydroxylation sites is 2. The van der Waals surface area contributed by atoms with Crippen LogP contribution in [0.3, 0.4) is 0 Å². The van der Waals surface area contributed by atoms with E-state index >= 15 is 0 Å². The number of carbonyl (C=O) groups excluding carboxylic acids is 1. The number of aromatic nitrogens is 2. The first-order valence-corrected chi connectivity index (χ1v) is 8.29. The standard InChI is InChI=1S/C19H18ClN3O3/c1-25-17-9-5-6-13(18(17)26-2)10-21-19(24)14-11-22-23(12-14)16-8-4-3-7-15(16)20/h3-9,11-12H,10H2,1-2H3,(H,21,24). The largest absolute Gasteiger partial charge is 0.493 e. The van der Waals surface area contributed by atoms with Crippen LogP contribution >= 0.6 is 11.6 Å². The second kappa shape index (κ2) is 7.93. The third kappa shape index (κ3) is 3.65. The molecule has 0 aliphatic heterocycles. The Hall–Kier alpha value is -2.99. The van der Waals surface area contributed by atoms with Crippen LogP contribution in [0.1, 0.15) is 15.9 Å². The SMILES string of the molecule is COc1cccc(CNC(=O)c2cnn(-c3ccccc3Cl)c2)c1OC.